The number of H-pyrrole nitrogens is 1. The van der Waals surface area contributed by atoms with Gasteiger partial charge in [0.05, 0.1) is 0 Å². The van der Waals surface area contributed by atoms with Crippen molar-refractivity contribution in [1.29, 1.82) is 0 Å². The zero-order chi connectivity index (χ0) is 13.2. The lowest BCUT2D eigenvalue weighted by atomic mass is 10.0. The standard InChI is InChI=1S/C17H18N2/c1-12(18)9-15-11-19-17-8-7-14(10-16(15)17)13-5-3-2-4-6-13/h2-8,10-12,19H,9,18H2,1H3. The molecule has 0 saturated heterocycles. The fourth-order valence-electron chi connectivity index (χ4n) is 2.50. The van der Waals surface area contributed by atoms with Crippen LogP contribution in [0, 0.1) is 0 Å². The molecule has 0 aliphatic carbocycles. The van der Waals surface area contributed by atoms with Crippen LogP contribution in [0.5, 0.6) is 0 Å². The highest BCUT2D eigenvalue weighted by molar-refractivity contribution is 5.88. The van der Waals surface area contributed by atoms with Crippen molar-refractivity contribution in [3.63, 3.8) is 0 Å². The van der Waals surface area contributed by atoms with Crippen LogP contribution in [-0.4, -0.2) is 11.0 Å². The van der Waals surface area contributed by atoms with Crippen LogP contribution in [0.4, 0.5) is 0 Å². The fraction of sp³-hybridized carbons (Fsp3) is 0.176. The topological polar surface area (TPSA) is 41.8 Å². The number of rotatable bonds is 3. The van der Waals surface area contributed by atoms with E-state index in [1.807, 2.05) is 13.0 Å². The number of fused-ring (bicyclic) bond motifs is 1. The molecule has 2 aromatic carbocycles. The highest BCUT2D eigenvalue weighted by Gasteiger charge is 2.07. The number of benzene rings is 2. The summed E-state index contributed by atoms with van der Waals surface area (Å²) < 4.78 is 0. The molecule has 0 aliphatic heterocycles. The van der Waals surface area contributed by atoms with Crippen molar-refractivity contribution >= 4 is 10.9 Å². The Morgan fingerprint density at radius 2 is 1.84 bits per heavy atom. The van der Waals surface area contributed by atoms with E-state index >= 15 is 0 Å². The number of nitrogens with one attached hydrogen (secondary N) is 1. The second kappa shape index (κ2) is 4.90. The first-order valence-electron chi connectivity index (χ1n) is 6.65. The van der Waals surface area contributed by atoms with E-state index in [0.29, 0.717) is 0 Å². The molecule has 2 heteroatoms. The average Bonchev–Trinajstić information content (AvgIpc) is 2.82. The van der Waals surface area contributed by atoms with Crippen LogP contribution in [0.2, 0.25) is 0 Å². The molecule has 1 heterocycles. The molecule has 1 aromatic heterocycles. The van der Waals surface area contributed by atoms with Gasteiger partial charge >= 0.3 is 0 Å². The second-order valence-corrected chi connectivity index (χ2v) is 5.12. The molecule has 19 heavy (non-hydrogen) atoms. The van der Waals surface area contributed by atoms with E-state index in [-0.39, 0.29) is 6.04 Å². The molecule has 2 nitrogen and oxygen atoms in total. The zero-order valence-electron chi connectivity index (χ0n) is 11.1. The summed E-state index contributed by atoms with van der Waals surface area (Å²) in [5, 5.41) is 1.28. The van der Waals surface area contributed by atoms with E-state index in [1.165, 1.54) is 27.6 Å². The predicted octanol–water partition coefficient (Wildman–Crippen LogP) is 3.72. The molecule has 0 amide bonds. The van der Waals surface area contributed by atoms with Crippen LogP contribution in [-0.2, 0) is 6.42 Å². The van der Waals surface area contributed by atoms with E-state index in [4.69, 9.17) is 5.73 Å². The minimum Gasteiger partial charge on any atom is -0.361 e. The van der Waals surface area contributed by atoms with Gasteiger partial charge in [-0.2, -0.15) is 0 Å². The molecule has 0 fully saturated rings. The van der Waals surface area contributed by atoms with Gasteiger partial charge in [-0.05, 0) is 42.2 Å². The first-order chi connectivity index (χ1) is 9.24. The third-order valence-corrected chi connectivity index (χ3v) is 3.42. The number of nitrogens with two attached hydrogens (primary N) is 1. The summed E-state index contributed by atoms with van der Waals surface area (Å²) in [5.41, 5.74) is 10.9. The van der Waals surface area contributed by atoms with Gasteiger partial charge < -0.3 is 10.7 Å². The zero-order valence-corrected chi connectivity index (χ0v) is 11.1. The Balaban J connectivity index is 2.09. The van der Waals surface area contributed by atoms with Gasteiger partial charge in [-0.3, -0.25) is 0 Å². The van der Waals surface area contributed by atoms with Gasteiger partial charge in [-0.25, -0.2) is 0 Å². The molecule has 0 radical (unpaired) electrons. The Morgan fingerprint density at radius 1 is 1.05 bits per heavy atom. The SMILES string of the molecule is CC(N)Cc1c[nH]c2ccc(-c3ccccc3)cc12. The smallest absolute Gasteiger partial charge is 0.0457 e. The minimum absolute atomic E-state index is 0.180. The predicted molar refractivity (Wildman–Crippen MR) is 81.1 cm³/mol. The number of hydrogen-bond donors (Lipinski definition) is 2. The van der Waals surface area contributed by atoms with Crippen LogP contribution in [0.15, 0.2) is 54.7 Å². The molecule has 0 saturated carbocycles. The molecular weight excluding hydrogens is 232 g/mol. The molecule has 3 rings (SSSR count). The Hall–Kier alpha value is -2.06. The minimum atomic E-state index is 0.180. The van der Waals surface area contributed by atoms with E-state index in [2.05, 4.69) is 53.6 Å². The van der Waals surface area contributed by atoms with E-state index in [9.17, 15) is 0 Å². The van der Waals surface area contributed by atoms with Crippen LogP contribution in [0.25, 0.3) is 22.0 Å². The third kappa shape index (κ3) is 2.40. The molecule has 0 aliphatic rings. The molecule has 0 bridgehead atoms. The number of aromatic nitrogens is 1. The Labute approximate surface area is 113 Å². The Kier molecular flexibility index (Phi) is 3.10. The number of hydrogen-bond acceptors (Lipinski definition) is 1. The molecule has 1 unspecified atom stereocenters. The van der Waals surface area contributed by atoms with Crippen molar-refractivity contribution in [2.75, 3.05) is 0 Å². The third-order valence-electron chi connectivity index (χ3n) is 3.42. The summed E-state index contributed by atoms with van der Waals surface area (Å²) >= 11 is 0. The van der Waals surface area contributed by atoms with Crippen LogP contribution in [0.3, 0.4) is 0 Å². The molecular formula is C17H18N2. The van der Waals surface area contributed by atoms with Gasteiger partial charge in [0.15, 0.2) is 0 Å². The van der Waals surface area contributed by atoms with Crippen molar-refractivity contribution in [3.05, 3.63) is 60.3 Å². The lowest BCUT2D eigenvalue weighted by Crippen LogP contribution is -2.17. The second-order valence-electron chi connectivity index (χ2n) is 5.12. The van der Waals surface area contributed by atoms with Gasteiger partial charge in [-0.15, -0.1) is 0 Å². The lowest BCUT2D eigenvalue weighted by Gasteiger charge is -2.05. The maximum Gasteiger partial charge on any atom is 0.0457 e. The highest BCUT2D eigenvalue weighted by atomic mass is 14.7. The Bertz CT molecular complexity index is 681. The van der Waals surface area contributed by atoms with Crippen LogP contribution < -0.4 is 5.73 Å². The molecule has 0 spiro atoms. The van der Waals surface area contributed by atoms with Crippen molar-refractivity contribution < 1.29 is 0 Å². The maximum atomic E-state index is 5.91. The molecule has 1 atom stereocenters. The molecule has 3 N–H and O–H groups in total. The van der Waals surface area contributed by atoms with Crippen molar-refractivity contribution in [2.24, 2.45) is 5.73 Å². The summed E-state index contributed by atoms with van der Waals surface area (Å²) in [6.45, 7) is 2.04. The van der Waals surface area contributed by atoms with E-state index < -0.39 is 0 Å². The van der Waals surface area contributed by atoms with E-state index in [1.54, 1.807) is 0 Å². The maximum absolute atomic E-state index is 5.91. The lowest BCUT2D eigenvalue weighted by molar-refractivity contribution is 0.741. The average molecular weight is 250 g/mol. The van der Waals surface area contributed by atoms with Crippen molar-refractivity contribution in [2.45, 2.75) is 19.4 Å². The summed E-state index contributed by atoms with van der Waals surface area (Å²) in [5.74, 6) is 0. The summed E-state index contributed by atoms with van der Waals surface area (Å²) in [6, 6.07) is 17.2. The molecule has 96 valence electrons. The monoisotopic (exact) mass is 250 g/mol. The first-order valence-corrected chi connectivity index (χ1v) is 6.65. The van der Waals surface area contributed by atoms with Crippen molar-refractivity contribution in [3.8, 4) is 11.1 Å². The van der Waals surface area contributed by atoms with Gasteiger partial charge in [0.2, 0.25) is 0 Å². The fourth-order valence-corrected chi connectivity index (χ4v) is 2.50. The normalized spacial score (nSPS) is 12.7. The van der Waals surface area contributed by atoms with E-state index in [0.717, 1.165) is 6.42 Å². The largest absolute Gasteiger partial charge is 0.361 e. The summed E-state index contributed by atoms with van der Waals surface area (Å²) in [4.78, 5) is 3.32. The van der Waals surface area contributed by atoms with Crippen molar-refractivity contribution in [1.82, 2.24) is 4.98 Å². The number of aromatic amines is 1. The van der Waals surface area contributed by atoms with Gasteiger partial charge in [0.25, 0.3) is 0 Å². The highest BCUT2D eigenvalue weighted by Crippen LogP contribution is 2.26. The Morgan fingerprint density at radius 3 is 2.58 bits per heavy atom. The first kappa shape index (κ1) is 12.0. The quantitative estimate of drug-likeness (QED) is 0.730. The van der Waals surface area contributed by atoms with Crippen LogP contribution in [0.1, 0.15) is 12.5 Å². The summed E-state index contributed by atoms with van der Waals surface area (Å²) in [6.07, 6.45) is 2.97. The summed E-state index contributed by atoms with van der Waals surface area (Å²) in [7, 11) is 0. The molecule has 3 aromatic rings. The van der Waals surface area contributed by atoms with Gasteiger partial charge in [0.1, 0.15) is 0 Å². The van der Waals surface area contributed by atoms with Gasteiger partial charge in [-0.1, -0.05) is 36.4 Å². The van der Waals surface area contributed by atoms with Gasteiger partial charge in [0, 0.05) is 23.1 Å². The van der Waals surface area contributed by atoms with Crippen LogP contribution >= 0.6 is 0 Å².